The molecule has 12 nitrogen and oxygen atoms in total. The van der Waals surface area contributed by atoms with Crippen molar-refractivity contribution in [3.63, 3.8) is 0 Å². The third-order valence-corrected chi connectivity index (χ3v) is 9.35. The predicted molar refractivity (Wildman–Crippen MR) is 193 cm³/mol. The molecule has 1 heterocycles. The quantitative estimate of drug-likeness (QED) is 0.0242. The Balaban J connectivity index is 2.46. The van der Waals surface area contributed by atoms with Crippen molar-refractivity contribution in [1.29, 1.82) is 0 Å². The van der Waals surface area contributed by atoms with Crippen molar-refractivity contribution in [2.24, 2.45) is 0 Å². The van der Waals surface area contributed by atoms with Crippen LogP contribution in [-0.4, -0.2) is 97.5 Å². The van der Waals surface area contributed by atoms with Crippen LogP contribution in [-0.2, 0) is 38.3 Å². The summed E-state index contributed by atoms with van der Waals surface area (Å²) in [7, 11) is -5.05. The lowest BCUT2D eigenvalue weighted by molar-refractivity contribution is -0.301. The molecule has 0 amide bonds. The number of hydrogen-bond acceptors (Lipinski definition) is 11. The molecule has 0 spiro atoms. The highest BCUT2D eigenvalue weighted by Gasteiger charge is 2.48. The highest BCUT2D eigenvalue weighted by molar-refractivity contribution is 7.80. The Hall–Kier alpha value is -1.16. The van der Waals surface area contributed by atoms with Crippen molar-refractivity contribution in [3.8, 4) is 0 Å². The smallest absolute Gasteiger partial charge is 0.397 e. The highest BCUT2D eigenvalue weighted by atomic mass is 32.3. The van der Waals surface area contributed by atoms with Gasteiger partial charge in [0.05, 0.1) is 19.8 Å². The Bertz CT molecular complexity index is 947. The van der Waals surface area contributed by atoms with Crippen LogP contribution in [0.1, 0.15) is 155 Å². The molecule has 4 N–H and O–H groups in total. The maximum Gasteiger partial charge on any atom is 0.397 e. The summed E-state index contributed by atoms with van der Waals surface area (Å²) < 4.78 is 58.6. The van der Waals surface area contributed by atoms with E-state index < -0.39 is 59.8 Å². The molecule has 1 aliphatic heterocycles. The minimum atomic E-state index is -5.05. The zero-order valence-electron chi connectivity index (χ0n) is 31.0. The van der Waals surface area contributed by atoms with Crippen molar-refractivity contribution in [2.45, 2.75) is 192 Å². The van der Waals surface area contributed by atoms with E-state index in [1.54, 1.807) is 0 Å². The fraction of sp³-hybridized carbons (Fsp3) is 0.919. The van der Waals surface area contributed by atoms with Crippen molar-refractivity contribution in [2.75, 3.05) is 26.4 Å². The molecule has 0 aromatic rings. The van der Waals surface area contributed by atoms with Crippen LogP contribution in [0.2, 0.25) is 0 Å². The summed E-state index contributed by atoms with van der Waals surface area (Å²) in [5.74, 6) is -0.409. The van der Waals surface area contributed by atoms with E-state index in [9.17, 15) is 28.5 Å². The van der Waals surface area contributed by atoms with Gasteiger partial charge in [-0.15, -0.1) is 0 Å². The minimum absolute atomic E-state index is 0.0356. The molecule has 0 saturated carbocycles. The average Bonchev–Trinajstić information content (AvgIpc) is 3.08. The van der Waals surface area contributed by atoms with E-state index in [1.807, 2.05) is 0 Å². The number of esters is 1. The molecular formula is C37H70O12S. The summed E-state index contributed by atoms with van der Waals surface area (Å²) in [4.78, 5) is 12.7. The average molecular weight is 739 g/mol. The van der Waals surface area contributed by atoms with Crippen LogP contribution in [0.4, 0.5) is 0 Å². The van der Waals surface area contributed by atoms with Gasteiger partial charge in [-0.2, -0.15) is 8.42 Å². The van der Waals surface area contributed by atoms with E-state index in [1.165, 1.54) is 70.6 Å². The lowest BCUT2D eigenvalue weighted by atomic mass is 9.99. The zero-order chi connectivity index (χ0) is 36.9. The Morgan fingerprint density at radius 3 is 1.80 bits per heavy atom. The van der Waals surface area contributed by atoms with E-state index in [0.717, 1.165) is 57.8 Å². The lowest BCUT2D eigenvalue weighted by Crippen LogP contribution is -2.60. The molecule has 0 radical (unpaired) electrons. The van der Waals surface area contributed by atoms with Gasteiger partial charge in [-0.3, -0.25) is 9.35 Å². The third-order valence-electron chi connectivity index (χ3n) is 8.89. The number of hydrogen-bond donors (Lipinski definition) is 4. The molecule has 0 bridgehead atoms. The van der Waals surface area contributed by atoms with Crippen LogP contribution in [0, 0.1) is 0 Å². The van der Waals surface area contributed by atoms with Gasteiger partial charge >= 0.3 is 16.4 Å². The van der Waals surface area contributed by atoms with Gasteiger partial charge in [0.2, 0.25) is 0 Å². The topological polar surface area (TPSA) is 178 Å². The molecule has 296 valence electrons. The number of carbonyl (C=O) groups is 1. The van der Waals surface area contributed by atoms with Gasteiger partial charge in [-0.05, 0) is 38.5 Å². The first kappa shape index (κ1) is 46.9. The molecule has 6 unspecified atom stereocenters. The van der Waals surface area contributed by atoms with Crippen molar-refractivity contribution in [3.05, 3.63) is 12.2 Å². The Kier molecular flexibility index (Phi) is 28.4. The van der Waals surface area contributed by atoms with E-state index in [0.29, 0.717) is 13.0 Å². The molecule has 13 heteroatoms. The van der Waals surface area contributed by atoms with Crippen molar-refractivity contribution in [1.82, 2.24) is 0 Å². The molecule has 6 atom stereocenters. The van der Waals surface area contributed by atoms with E-state index >= 15 is 0 Å². The summed E-state index contributed by atoms with van der Waals surface area (Å²) in [6, 6.07) is 0. The standard InChI is InChI=1S/C37H70O12S/c1-3-5-7-9-11-12-13-14-15-16-17-18-19-20-22-24-26-33(39)47-31(29-45-27-25-23-21-10-8-6-4-2)30-46-37-35(41)36(49-50(42,43)44)34(40)32(28-38)48-37/h15-16,31-32,34-38,40-41H,3-14,17-30H2,1-2H3,(H,42,43,44)/b16-15-. The van der Waals surface area contributed by atoms with Crippen molar-refractivity contribution >= 4 is 16.4 Å². The summed E-state index contributed by atoms with van der Waals surface area (Å²) in [5, 5.41) is 30.4. The second-order valence-corrected chi connectivity index (χ2v) is 14.6. The number of unbranched alkanes of at least 4 members (excludes halogenated alkanes) is 18. The zero-order valence-corrected chi connectivity index (χ0v) is 31.8. The van der Waals surface area contributed by atoms with Crippen molar-refractivity contribution < 1.29 is 56.2 Å². The monoisotopic (exact) mass is 738 g/mol. The van der Waals surface area contributed by atoms with Gasteiger partial charge in [0.25, 0.3) is 0 Å². The van der Waals surface area contributed by atoms with Gasteiger partial charge in [-0.25, -0.2) is 4.18 Å². The van der Waals surface area contributed by atoms with Gasteiger partial charge in [-0.1, -0.05) is 122 Å². The third kappa shape index (κ3) is 24.2. The molecule has 1 aliphatic rings. The maximum absolute atomic E-state index is 12.7. The molecule has 0 aromatic heterocycles. The molecule has 0 aromatic carbocycles. The second-order valence-electron chi connectivity index (χ2n) is 13.5. The molecule has 0 aliphatic carbocycles. The van der Waals surface area contributed by atoms with Crippen LogP contribution in [0.15, 0.2) is 12.2 Å². The number of carbonyl (C=O) groups excluding carboxylic acids is 1. The summed E-state index contributed by atoms with van der Waals surface area (Å²) in [6.45, 7) is 3.92. The predicted octanol–water partition coefficient (Wildman–Crippen LogP) is 6.74. The summed E-state index contributed by atoms with van der Waals surface area (Å²) in [5.41, 5.74) is 0. The van der Waals surface area contributed by atoms with Gasteiger partial charge in [0, 0.05) is 13.0 Å². The number of ether oxygens (including phenoxy) is 4. The number of aliphatic hydroxyl groups is 3. The normalized spacial score (nSPS) is 21.9. The first-order valence-electron chi connectivity index (χ1n) is 19.4. The van der Waals surface area contributed by atoms with E-state index in [-0.39, 0.29) is 19.6 Å². The maximum atomic E-state index is 12.7. The molecule has 1 rings (SSSR count). The fourth-order valence-corrected chi connectivity index (χ4v) is 6.41. The van der Waals surface area contributed by atoms with Crippen LogP contribution in [0.5, 0.6) is 0 Å². The van der Waals surface area contributed by atoms with E-state index in [4.69, 9.17) is 23.5 Å². The highest BCUT2D eigenvalue weighted by Crippen LogP contribution is 2.26. The van der Waals surface area contributed by atoms with Crippen LogP contribution in [0.25, 0.3) is 0 Å². The number of aliphatic hydroxyl groups excluding tert-OH is 3. The lowest BCUT2D eigenvalue weighted by Gasteiger charge is -2.41. The van der Waals surface area contributed by atoms with Crippen LogP contribution < -0.4 is 0 Å². The molecule has 1 saturated heterocycles. The summed E-state index contributed by atoms with van der Waals surface area (Å²) >= 11 is 0. The minimum Gasteiger partial charge on any atom is -0.457 e. The SMILES string of the molecule is CCCCCCCCC/C=C\CCCCCCCC(=O)OC(COCCCCCCCCC)COC1OC(CO)C(O)C(OS(=O)(=O)O)C1O. The van der Waals surface area contributed by atoms with Crippen LogP contribution in [0.3, 0.4) is 0 Å². The second kappa shape index (κ2) is 30.3. The molecular weight excluding hydrogens is 668 g/mol. The first-order valence-corrected chi connectivity index (χ1v) is 20.8. The largest absolute Gasteiger partial charge is 0.457 e. The Morgan fingerprint density at radius 2 is 1.26 bits per heavy atom. The van der Waals surface area contributed by atoms with Crippen LogP contribution >= 0.6 is 0 Å². The van der Waals surface area contributed by atoms with Gasteiger partial charge in [0.1, 0.15) is 30.5 Å². The van der Waals surface area contributed by atoms with Gasteiger partial charge < -0.3 is 34.3 Å². The number of rotatable bonds is 33. The van der Waals surface area contributed by atoms with E-state index in [2.05, 4.69) is 30.2 Å². The Labute approximate surface area is 302 Å². The fourth-order valence-electron chi connectivity index (χ4n) is 5.90. The first-order chi connectivity index (χ1) is 24.1. The Morgan fingerprint density at radius 1 is 0.740 bits per heavy atom. The molecule has 1 fully saturated rings. The number of allylic oxidation sites excluding steroid dienone is 2. The summed E-state index contributed by atoms with van der Waals surface area (Å²) in [6.07, 6.45) is 19.9. The van der Waals surface area contributed by atoms with Gasteiger partial charge in [0.15, 0.2) is 6.29 Å². The molecule has 50 heavy (non-hydrogen) atoms.